The molecule has 0 saturated heterocycles. The molecule has 0 fully saturated rings. The van der Waals surface area contributed by atoms with E-state index < -0.39 is 0 Å². The molecule has 4 nitrogen and oxygen atoms in total. The second kappa shape index (κ2) is 5.36. The summed E-state index contributed by atoms with van der Waals surface area (Å²) < 4.78 is 0. The van der Waals surface area contributed by atoms with Crippen LogP contribution >= 0.6 is 11.6 Å². The molecule has 0 aliphatic heterocycles. The van der Waals surface area contributed by atoms with Gasteiger partial charge in [0.05, 0.1) is 6.42 Å². The van der Waals surface area contributed by atoms with Crippen LogP contribution in [0.15, 0.2) is 24.3 Å². The molecule has 0 spiro atoms. The molecule has 0 aromatic heterocycles. The molecule has 1 aromatic carbocycles. The van der Waals surface area contributed by atoms with Crippen LogP contribution < -0.4 is 10.9 Å². The zero-order valence-corrected chi connectivity index (χ0v) is 8.97. The Bertz CT molecular complexity index is 362. The van der Waals surface area contributed by atoms with Crippen molar-refractivity contribution >= 4 is 23.4 Å². The van der Waals surface area contributed by atoms with Crippen LogP contribution in [0.1, 0.15) is 12.5 Å². The van der Waals surface area contributed by atoms with Crippen LogP contribution in [0.3, 0.4) is 0 Å². The molecule has 0 unspecified atom stereocenters. The molecule has 1 aromatic rings. The van der Waals surface area contributed by atoms with Gasteiger partial charge in [-0.2, -0.15) is 0 Å². The minimum absolute atomic E-state index is 0.206. The van der Waals surface area contributed by atoms with Crippen LogP contribution in [0.2, 0.25) is 5.02 Å². The second-order valence-electron chi connectivity index (χ2n) is 3.03. The normalized spacial score (nSPS) is 9.47. The molecule has 80 valence electrons. The summed E-state index contributed by atoms with van der Waals surface area (Å²) >= 11 is 5.69. The molecular formula is C10H11ClN2O2. The lowest BCUT2D eigenvalue weighted by molar-refractivity contribution is -0.127. The lowest BCUT2D eigenvalue weighted by atomic mass is 10.1. The number of hydrogen-bond donors (Lipinski definition) is 2. The molecule has 0 saturated carbocycles. The van der Waals surface area contributed by atoms with Crippen LogP contribution in [0.5, 0.6) is 0 Å². The van der Waals surface area contributed by atoms with Gasteiger partial charge in [-0.3, -0.25) is 20.4 Å². The van der Waals surface area contributed by atoms with Crippen molar-refractivity contribution in [3.05, 3.63) is 34.9 Å². The van der Waals surface area contributed by atoms with E-state index in [4.69, 9.17) is 11.6 Å². The van der Waals surface area contributed by atoms with Crippen LogP contribution in [-0.2, 0) is 16.0 Å². The van der Waals surface area contributed by atoms with Gasteiger partial charge in [-0.1, -0.05) is 23.7 Å². The van der Waals surface area contributed by atoms with E-state index in [-0.39, 0.29) is 18.2 Å². The van der Waals surface area contributed by atoms with Gasteiger partial charge in [0.1, 0.15) is 0 Å². The fourth-order valence-electron chi connectivity index (χ4n) is 0.990. The average Bonchev–Trinajstić information content (AvgIpc) is 2.19. The Hall–Kier alpha value is -1.55. The molecule has 2 N–H and O–H groups in total. The Labute approximate surface area is 92.6 Å². The monoisotopic (exact) mass is 226 g/mol. The zero-order chi connectivity index (χ0) is 11.3. The van der Waals surface area contributed by atoms with Crippen LogP contribution in [0, 0.1) is 0 Å². The molecule has 0 aliphatic rings. The molecule has 0 bridgehead atoms. The number of hydrazine groups is 1. The SMILES string of the molecule is CC(=O)NNC(=O)Cc1ccc(Cl)cc1. The molecular weight excluding hydrogens is 216 g/mol. The largest absolute Gasteiger partial charge is 0.274 e. The van der Waals surface area contributed by atoms with Gasteiger partial charge in [0.25, 0.3) is 0 Å². The summed E-state index contributed by atoms with van der Waals surface area (Å²) in [6.45, 7) is 1.32. The van der Waals surface area contributed by atoms with E-state index >= 15 is 0 Å². The number of rotatable bonds is 2. The topological polar surface area (TPSA) is 58.2 Å². The maximum absolute atomic E-state index is 11.2. The van der Waals surface area contributed by atoms with Crippen molar-refractivity contribution in [1.29, 1.82) is 0 Å². The van der Waals surface area contributed by atoms with Crippen molar-refractivity contribution in [1.82, 2.24) is 10.9 Å². The third-order valence-corrected chi connectivity index (χ3v) is 1.91. The highest BCUT2D eigenvalue weighted by molar-refractivity contribution is 6.30. The zero-order valence-electron chi connectivity index (χ0n) is 8.21. The number of amides is 2. The first-order valence-corrected chi connectivity index (χ1v) is 4.75. The summed E-state index contributed by atoms with van der Waals surface area (Å²) in [7, 11) is 0. The van der Waals surface area contributed by atoms with E-state index in [1.54, 1.807) is 24.3 Å². The van der Waals surface area contributed by atoms with Crippen molar-refractivity contribution in [2.45, 2.75) is 13.3 Å². The molecule has 1 rings (SSSR count). The van der Waals surface area contributed by atoms with E-state index in [2.05, 4.69) is 10.9 Å². The third kappa shape index (κ3) is 4.46. The number of nitrogens with one attached hydrogen (secondary N) is 2. The lowest BCUT2D eigenvalue weighted by Crippen LogP contribution is -2.41. The number of hydrogen-bond acceptors (Lipinski definition) is 2. The van der Waals surface area contributed by atoms with Gasteiger partial charge in [-0.25, -0.2) is 0 Å². The van der Waals surface area contributed by atoms with Gasteiger partial charge >= 0.3 is 0 Å². The summed E-state index contributed by atoms with van der Waals surface area (Å²) in [4.78, 5) is 21.7. The minimum Gasteiger partial charge on any atom is -0.274 e. The minimum atomic E-state index is -0.306. The summed E-state index contributed by atoms with van der Waals surface area (Å²) in [5, 5.41) is 0.626. The third-order valence-electron chi connectivity index (χ3n) is 1.66. The number of halogens is 1. The first-order chi connectivity index (χ1) is 7.08. The van der Waals surface area contributed by atoms with E-state index in [0.717, 1.165) is 5.56 Å². The molecule has 5 heteroatoms. The summed E-state index contributed by atoms with van der Waals surface area (Å²) in [5.74, 6) is -0.577. The Kier molecular flexibility index (Phi) is 4.12. The van der Waals surface area contributed by atoms with E-state index in [1.807, 2.05) is 0 Å². The molecule has 0 atom stereocenters. The van der Waals surface area contributed by atoms with Gasteiger partial charge in [0, 0.05) is 11.9 Å². The van der Waals surface area contributed by atoms with E-state index in [0.29, 0.717) is 5.02 Å². The van der Waals surface area contributed by atoms with Crippen molar-refractivity contribution in [3.63, 3.8) is 0 Å². The Morgan fingerprint density at radius 2 is 1.80 bits per heavy atom. The average molecular weight is 227 g/mol. The van der Waals surface area contributed by atoms with Crippen LogP contribution in [0.25, 0.3) is 0 Å². The van der Waals surface area contributed by atoms with Gasteiger partial charge in [0.2, 0.25) is 11.8 Å². The molecule has 0 aliphatic carbocycles. The smallest absolute Gasteiger partial charge is 0.242 e. The highest BCUT2D eigenvalue weighted by Crippen LogP contribution is 2.09. The first kappa shape index (κ1) is 11.5. The van der Waals surface area contributed by atoms with E-state index in [9.17, 15) is 9.59 Å². The van der Waals surface area contributed by atoms with Gasteiger partial charge < -0.3 is 0 Å². The molecule has 0 heterocycles. The maximum Gasteiger partial charge on any atom is 0.242 e. The van der Waals surface area contributed by atoms with Gasteiger partial charge in [0.15, 0.2) is 0 Å². The summed E-state index contributed by atoms with van der Waals surface area (Å²) in [6, 6.07) is 6.94. The fourth-order valence-corrected chi connectivity index (χ4v) is 1.12. The standard InChI is InChI=1S/C10H11ClN2O2/c1-7(14)12-13-10(15)6-8-2-4-9(11)5-3-8/h2-5H,6H2,1H3,(H,12,14)(H,13,15). The van der Waals surface area contributed by atoms with Gasteiger partial charge in [-0.05, 0) is 17.7 Å². The number of benzene rings is 1. The van der Waals surface area contributed by atoms with Crippen LogP contribution in [0.4, 0.5) is 0 Å². The first-order valence-electron chi connectivity index (χ1n) is 4.38. The summed E-state index contributed by atoms with van der Waals surface area (Å²) in [5.41, 5.74) is 5.32. The Balaban J connectivity index is 2.44. The van der Waals surface area contributed by atoms with Crippen molar-refractivity contribution in [2.24, 2.45) is 0 Å². The molecule has 15 heavy (non-hydrogen) atoms. The predicted octanol–water partition coefficient (Wildman–Crippen LogP) is 1.05. The Morgan fingerprint density at radius 3 is 2.33 bits per heavy atom. The number of carbonyl (C=O) groups excluding carboxylic acids is 2. The molecule has 0 radical (unpaired) electrons. The lowest BCUT2D eigenvalue weighted by Gasteiger charge is -2.04. The molecule has 2 amide bonds. The predicted molar refractivity (Wildman–Crippen MR) is 57.1 cm³/mol. The highest BCUT2D eigenvalue weighted by atomic mass is 35.5. The quantitative estimate of drug-likeness (QED) is 0.741. The van der Waals surface area contributed by atoms with Crippen molar-refractivity contribution < 1.29 is 9.59 Å². The van der Waals surface area contributed by atoms with Crippen LogP contribution in [-0.4, -0.2) is 11.8 Å². The van der Waals surface area contributed by atoms with Crippen molar-refractivity contribution in [3.8, 4) is 0 Å². The highest BCUT2D eigenvalue weighted by Gasteiger charge is 2.02. The second-order valence-corrected chi connectivity index (χ2v) is 3.47. The van der Waals surface area contributed by atoms with Gasteiger partial charge in [-0.15, -0.1) is 0 Å². The number of carbonyl (C=O) groups is 2. The van der Waals surface area contributed by atoms with Crippen molar-refractivity contribution in [2.75, 3.05) is 0 Å². The maximum atomic E-state index is 11.2. The Morgan fingerprint density at radius 1 is 1.20 bits per heavy atom. The summed E-state index contributed by atoms with van der Waals surface area (Å²) in [6.07, 6.45) is 0.206. The van der Waals surface area contributed by atoms with E-state index in [1.165, 1.54) is 6.92 Å². The fraction of sp³-hybridized carbons (Fsp3) is 0.200.